The molecule has 88 valence electrons. The van der Waals surface area contributed by atoms with Crippen molar-refractivity contribution in [3.8, 4) is 17.2 Å². The summed E-state index contributed by atoms with van der Waals surface area (Å²) in [5.74, 6) is -1.85. The minimum Gasteiger partial charge on any atom is -0.477 e. The Labute approximate surface area is 102 Å². The molecule has 0 amide bonds. The maximum Gasteiger partial charge on any atom is 0.354 e. The molecule has 0 fully saturated rings. The Bertz CT molecular complexity index is 662. The Hall–Kier alpha value is -2.74. The first-order valence-corrected chi connectivity index (χ1v) is 5.02. The van der Waals surface area contributed by atoms with E-state index < -0.39 is 11.8 Å². The van der Waals surface area contributed by atoms with Crippen LogP contribution in [0.4, 0.5) is 4.39 Å². The molecule has 0 spiro atoms. The van der Waals surface area contributed by atoms with Crippen molar-refractivity contribution >= 4 is 5.97 Å². The maximum absolute atomic E-state index is 13.9. The molecule has 0 aliphatic heterocycles. The molecule has 1 aromatic heterocycles. The zero-order valence-corrected chi connectivity index (χ0v) is 9.09. The number of nitrogens with zero attached hydrogens (tertiary/aromatic N) is 2. The van der Waals surface area contributed by atoms with E-state index in [-0.39, 0.29) is 16.8 Å². The molecule has 0 saturated heterocycles. The second-order valence-corrected chi connectivity index (χ2v) is 3.51. The van der Waals surface area contributed by atoms with E-state index in [4.69, 9.17) is 10.4 Å². The zero-order chi connectivity index (χ0) is 13.1. The first kappa shape index (κ1) is 11.7. The Balaban J connectivity index is 2.59. The van der Waals surface area contributed by atoms with Gasteiger partial charge in [-0.25, -0.2) is 14.2 Å². The number of carboxylic acid groups (broad SMARTS) is 1. The predicted octanol–water partition coefficient (Wildman–Crippen LogP) is 2.46. The summed E-state index contributed by atoms with van der Waals surface area (Å²) in [6, 6.07) is 8.88. The van der Waals surface area contributed by atoms with Crippen LogP contribution >= 0.6 is 0 Å². The van der Waals surface area contributed by atoms with Crippen molar-refractivity contribution in [3.63, 3.8) is 0 Å². The second kappa shape index (κ2) is 4.63. The highest BCUT2D eigenvalue weighted by atomic mass is 19.1. The van der Waals surface area contributed by atoms with E-state index in [2.05, 4.69) is 4.98 Å². The number of pyridine rings is 1. The van der Waals surface area contributed by atoms with Gasteiger partial charge in [0.1, 0.15) is 17.6 Å². The number of rotatable bonds is 2. The van der Waals surface area contributed by atoms with Gasteiger partial charge in [0.15, 0.2) is 0 Å². The first-order valence-electron chi connectivity index (χ1n) is 5.02. The number of carboxylic acids is 1. The first-order chi connectivity index (χ1) is 8.63. The second-order valence-electron chi connectivity index (χ2n) is 3.51. The van der Waals surface area contributed by atoms with Gasteiger partial charge in [-0.15, -0.1) is 0 Å². The summed E-state index contributed by atoms with van der Waals surface area (Å²) in [6.07, 6.45) is 1.29. The fraction of sp³-hybridized carbons (Fsp3) is 0. The van der Waals surface area contributed by atoms with Crippen LogP contribution in [-0.2, 0) is 0 Å². The number of aromatic nitrogens is 1. The largest absolute Gasteiger partial charge is 0.477 e. The average molecular weight is 242 g/mol. The number of aromatic carboxylic acids is 1. The zero-order valence-electron chi connectivity index (χ0n) is 9.09. The minimum absolute atomic E-state index is 0.0822. The van der Waals surface area contributed by atoms with Gasteiger partial charge in [0.2, 0.25) is 0 Å². The van der Waals surface area contributed by atoms with E-state index in [0.717, 1.165) is 0 Å². The summed E-state index contributed by atoms with van der Waals surface area (Å²) in [7, 11) is 0. The molecule has 2 aromatic rings. The Kier molecular flexibility index (Phi) is 3.02. The number of nitriles is 1. The summed E-state index contributed by atoms with van der Waals surface area (Å²) in [5.41, 5.74) is 0.298. The Morgan fingerprint density at radius 2 is 2.17 bits per heavy atom. The highest BCUT2D eigenvalue weighted by Crippen LogP contribution is 2.24. The fourth-order valence-corrected chi connectivity index (χ4v) is 1.56. The van der Waals surface area contributed by atoms with E-state index >= 15 is 0 Å². The standard InChI is InChI=1S/C13H7FN2O2/c14-12-9(7-15)2-1-3-10(12)8-4-5-16-11(6-8)13(17)18/h1-6H,(H,17,18). The van der Waals surface area contributed by atoms with Gasteiger partial charge >= 0.3 is 5.97 Å². The molecule has 5 heteroatoms. The fourth-order valence-electron chi connectivity index (χ4n) is 1.56. The molecule has 0 radical (unpaired) electrons. The Morgan fingerprint density at radius 3 is 2.83 bits per heavy atom. The molecule has 0 aliphatic rings. The van der Waals surface area contributed by atoms with Crippen LogP contribution in [0.2, 0.25) is 0 Å². The van der Waals surface area contributed by atoms with Gasteiger partial charge in [-0.3, -0.25) is 0 Å². The molecular weight excluding hydrogens is 235 g/mol. The lowest BCUT2D eigenvalue weighted by atomic mass is 10.0. The van der Waals surface area contributed by atoms with Crippen LogP contribution in [0.1, 0.15) is 16.1 Å². The number of benzene rings is 1. The third-order valence-corrected chi connectivity index (χ3v) is 2.41. The SMILES string of the molecule is N#Cc1cccc(-c2ccnc(C(=O)O)c2)c1F. The Morgan fingerprint density at radius 1 is 1.39 bits per heavy atom. The number of carbonyl (C=O) groups is 1. The maximum atomic E-state index is 13.9. The molecule has 0 unspecified atom stereocenters. The van der Waals surface area contributed by atoms with Crippen molar-refractivity contribution in [2.24, 2.45) is 0 Å². The van der Waals surface area contributed by atoms with Crippen molar-refractivity contribution in [3.05, 3.63) is 53.6 Å². The molecule has 0 aliphatic carbocycles. The molecule has 18 heavy (non-hydrogen) atoms. The summed E-state index contributed by atoms with van der Waals surface area (Å²) in [5, 5.41) is 17.6. The topological polar surface area (TPSA) is 74.0 Å². The van der Waals surface area contributed by atoms with Crippen LogP contribution in [0.15, 0.2) is 36.5 Å². The van der Waals surface area contributed by atoms with Crippen LogP contribution in [0.25, 0.3) is 11.1 Å². The van der Waals surface area contributed by atoms with Crippen LogP contribution in [0.3, 0.4) is 0 Å². The van der Waals surface area contributed by atoms with E-state index in [0.29, 0.717) is 5.56 Å². The van der Waals surface area contributed by atoms with Gasteiger partial charge in [-0.1, -0.05) is 12.1 Å². The molecule has 1 heterocycles. The molecule has 1 N–H and O–H groups in total. The van der Waals surface area contributed by atoms with E-state index in [1.807, 2.05) is 0 Å². The number of hydrogen-bond acceptors (Lipinski definition) is 3. The smallest absolute Gasteiger partial charge is 0.354 e. The van der Waals surface area contributed by atoms with Crippen LogP contribution in [-0.4, -0.2) is 16.1 Å². The number of halogens is 1. The molecule has 1 aromatic carbocycles. The summed E-state index contributed by atoms with van der Waals surface area (Å²) < 4.78 is 13.9. The van der Waals surface area contributed by atoms with Gasteiger partial charge in [0.05, 0.1) is 5.56 Å². The summed E-state index contributed by atoms with van der Waals surface area (Å²) in [4.78, 5) is 14.4. The predicted molar refractivity (Wildman–Crippen MR) is 61.3 cm³/mol. The monoisotopic (exact) mass is 242 g/mol. The number of hydrogen-bond donors (Lipinski definition) is 1. The molecule has 4 nitrogen and oxygen atoms in total. The summed E-state index contributed by atoms with van der Waals surface area (Å²) >= 11 is 0. The lowest BCUT2D eigenvalue weighted by Gasteiger charge is -2.05. The van der Waals surface area contributed by atoms with Gasteiger partial charge in [-0.2, -0.15) is 5.26 Å². The molecule has 0 atom stereocenters. The van der Waals surface area contributed by atoms with Crippen LogP contribution in [0, 0.1) is 17.1 Å². The molecule has 0 bridgehead atoms. The van der Waals surface area contributed by atoms with Crippen molar-refractivity contribution in [1.29, 1.82) is 5.26 Å². The van der Waals surface area contributed by atoms with Gasteiger partial charge in [-0.05, 0) is 23.8 Å². The highest BCUT2D eigenvalue weighted by Gasteiger charge is 2.12. The molecule has 0 saturated carbocycles. The van der Waals surface area contributed by atoms with Crippen LogP contribution in [0.5, 0.6) is 0 Å². The third-order valence-electron chi connectivity index (χ3n) is 2.41. The van der Waals surface area contributed by atoms with E-state index in [9.17, 15) is 9.18 Å². The normalized spacial score (nSPS) is 9.78. The van der Waals surface area contributed by atoms with Crippen molar-refractivity contribution in [1.82, 2.24) is 4.98 Å². The third kappa shape index (κ3) is 2.04. The van der Waals surface area contributed by atoms with Crippen molar-refractivity contribution in [2.45, 2.75) is 0 Å². The minimum atomic E-state index is -1.19. The summed E-state index contributed by atoms with van der Waals surface area (Å²) in [6.45, 7) is 0. The van der Waals surface area contributed by atoms with E-state index in [1.165, 1.54) is 36.5 Å². The molecule has 2 rings (SSSR count). The quantitative estimate of drug-likeness (QED) is 0.877. The average Bonchev–Trinajstić information content (AvgIpc) is 2.39. The van der Waals surface area contributed by atoms with Gasteiger partial charge < -0.3 is 5.11 Å². The van der Waals surface area contributed by atoms with E-state index in [1.54, 1.807) is 6.07 Å². The lowest BCUT2D eigenvalue weighted by molar-refractivity contribution is 0.0690. The lowest BCUT2D eigenvalue weighted by Crippen LogP contribution is -2.00. The van der Waals surface area contributed by atoms with Gasteiger partial charge in [0, 0.05) is 11.8 Å². The van der Waals surface area contributed by atoms with Gasteiger partial charge in [0.25, 0.3) is 0 Å². The van der Waals surface area contributed by atoms with Crippen molar-refractivity contribution < 1.29 is 14.3 Å². The van der Waals surface area contributed by atoms with Crippen molar-refractivity contribution in [2.75, 3.05) is 0 Å². The van der Waals surface area contributed by atoms with Crippen LogP contribution < -0.4 is 0 Å². The highest BCUT2D eigenvalue weighted by molar-refractivity contribution is 5.87. The molecular formula is C13H7FN2O2.